The zero-order chi connectivity index (χ0) is 28.8. The number of imidazole rings is 1. The lowest BCUT2D eigenvalue weighted by Crippen LogP contribution is -2.56. The summed E-state index contributed by atoms with van der Waals surface area (Å²) in [4.78, 5) is 29.2. The van der Waals surface area contributed by atoms with E-state index in [-0.39, 0.29) is 23.7 Å². The van der Waals surface area contributed by atoms with Crippen LogP contribution in [0.1, 0.15) is 47.7 Å². The number of aliphatic hydroxyl groups is 1. The third-order valence-corrected chi connectivity index (χ3v) is 10.1. The standard InChI is InChI=1S/C28H31FN8O2S2/c1-4-21-26(35(3)27-32-24(22(12-30)40-27)16-5-8-18(29)9-6-16)37-28(31-21)41-25(33-37)17-7-10-19(11-17)34(2)15-23(39)36-13-20(38)14-36/h5-6,8-9,17,19-20,38H,4,7,10-11,13-15H2,1-3H3/t17-,19+/m0/s1. The summed E-state index contributed by atoms with van der Waals surface area (Å²) in [5.41, 5.74) is 2.12. The van der Waals surface area contributed by atoms with Crippen molar-refractivity contribution in [3.05, 3.63) is 45.7 Å². The van der Waals surface area contributed by atoms with Crippen LogP contribution in [0.25, 0.3) is 16.2 Å². The highest BCUT2D eigenvalue weighted by atomic mass is 32.1. The van der Waals surface area contributed by atoms with E-state index >= 15 is 0 Å². The van der Waals surface area contributed by atoms with Crippen LogP contribution in [0.3, 0.4) is 0 Å². The number of aromatic nitrogens is 4. The van der Waals surface area contributed by atoms with E-state index < -0.39 is 0 Å². The molecule has 3 aromatic heterocycles. The number of hydrogen-bond donors (Lipinski definition) is 1. The Morgan fingerprint density at radius 1 is 1.20 bits per heavy atom. The molecule has 1 aliphatic carbocycles. The molecule has 4 aromatic rings. The van der Waals surface area contributed by atoms with Crippen molar-refractivity contribution in [2.45, 2.75) is 50.7 Å². The van der Waals surface area contributed by atoms with Crippen LogP contribution >= 0.6 is 22.7 Å². The summed E-state index contributed by atoms with van der Waals surface area (Å²) >= 11 is 2.89. The van der Waals surface area contributed by atoms with Gasteiger partial charge in [-0.05, 0) is 57.0 Å². The highest BCUT2D eigenvalue weighted by Gasteiger charge is 2.35. The maximum atomic E-state index is 13.5. The lowest BCUT2D eigenvalue weighted by atomic mass is 10.1. The van der Waals surface area contributed by atoms with Crippen LogP contribution in [0.15, 0.2) is 24.3 Å². The number of halogens is 1. The van der Waals surface area contributed by atoms with Gasteiger partial charge in [0.2, 0.25) is 10.9 Å². The van der Waals surface area contributed by atoms with Crippen LogP contribution in [-0.2, 0) is 11.2 Å². The molecule has 2 aliphatic rings. The number of anilines is 2. The molecule has 1 amide bonds. The van der Waals surface area contributed by atoms with Gasteiger partial charge in [-0.3, -0.25) is 9.69 Å². The van der Waals surface area contributed by atoms with E-state index in [1.165, 1.54) is 23.5 Å². The second-order valence-electron chi connectivity index (χ2n) is 10.8. The Morgan fingerprint density at radius 2 is 1.95 bits per heavy atom. The van der Waals surface area contributed by atoms with Crippen LogP contribution < -0.4 is 4.90 Å². The molecule has 0 unspecified atom stereocenters. The van der Waals surface area contributed by atoms with Crippen molar-refractivity contribution >= 4 is 44.5 Å². The summed E-state index contributed by atoms with van der Waals surface area (Å²) in [6, 6.07) is 8.53. The number of likely N-dealkylation sites (N-methyl/N-ethyl adjacent to an activating group) is 1. The minimum atomic E-state index is -0.387. The second kappa shape index (κ2) is 11.1. The smallest absolute Gasteiger partial charge is 0.236 e. The number of β-amino-alcohol motifs (C(OH)–C–C–N with tert-alkyl or cyclic N) is 1. The molecule has 1 saturated heterocycles. The van der Waals surface area contributed by atoms with Gasteiger partial charge in [0.1, 0.15) is 27.5 Å². The molecule has 4 heterocycles. The molecule has 214 valence electrons. The first-order valence-electron chi connectivity index (χ1n) is 13.7. The van der Waals surface area contributed by atoms with Crippen LogP contribution in [0.2, 0.25) is 0 Å². The van der Waals surface area contributed by atoms with Gasteiger partial charge in [-0.1, -0.05) is 29.6 Å². The lowest BCUT2D eigenvalue weighted by molar-refractivity contribution is -0.142. The van der Waals surface area contributed by atoms with E-state index in [1.54, 1.807) is 28.4 Å². The van der Waals surface area contributed by atoms with E-state index in [9.17, 15) is 19.6 Å². The monoisotopic (exact) mass is 594 g/mol. The third-order valence-electron chi connectivity index (χ3n) is 8.02. The fourth-order valence-corrected chi connectivity index (χ4v) is 7.55. The van der Waals surface area contributed by atoms with Crippen molar-refractivity contribution in [3.8, 4) is 17.3 Å². The van der Waals surface area contributed by atoms with Gasteiger partial charge >= 0.3 is 0 Å². The Bertz CT molecular complexity index is 1620. The van der Waals surface area contributed by atoms with Gasteiger partial charge in [-0.25, -0.2) is 14.4 Å². The molecule has 0 spiro atoms. The molecule has 1 N–H and O–H groups in total. The maximum absolute atomic E-state index is 13.5. The number of aliphatic hydroxyl groups excluding tert-OH is 1. The van der Waals surface area contributed by atoms with Crippen molar-refractivity contribution in [2.75, 3.05) is 38.6 Å². The second-order valence-corrected chi connectivity index (χ2v) is 12.7. The van der Waals surface area contributed by atoms with Gasteiger partial charge in [-0.2, -0.15) is 14.9 Å². The van der Waals surface area contributed by atoms with Crippen molar-refractivity contribution in [3.63, 3.8) is 0 Å². The number of nitrogens with zero attached hydrogens (tertiary/aromatic N) is 8. The predicted molar refractivity (Wildman–Crippen MR) is 156 cm³/mol. The summed E-state index contributed by atoms with van der Waals surface area (Å²) in [5, 5.41) is 26.0. The van der Waals surface area contributed by atoms with Crippen molar-refractivity contribution in [1.29, 1.82) is 5.26 Å². The normalized spacial score (nSPS) is 19.2. The number of benzene rings is 1. The Hall–Kier alpha value is -3.44. The minimum Gasteiger partial charge on any atom is -0.389 e. The minimum absolute atomic E-state index is 0.0677. The number of likely N-dealkylation sites (tertiary alicyclic amines) is 1. The Kier molecular flexibility index (Phi) is 7.50. The van der Waals surface area contributed by atoms with Crippen molar-refractivity contribution in [2.24, 2.45) is 0 Å². The molecule has 10 nitrogen and oxygen atoms in total. The summed E-state index contributed by atoms with van der Waals surface area (Å²) in [5.74, 6) is 0.837. The molecule has 0 bridgehead atoms. The number of aryl methyl sites for hydroxylation is 1. The van der Waals surface area contributed by atoms with Gasteiger partial charge in [0.05, 0.1) is 18.3 Å². The zero-order valence-corrected chi connectivity index (χ0v) is 24.8. The van der Waals surface area contributed by atoms with Crippen molar-refractivity contribution < 1.29 is 14.3 Å². The van der Waals surface area contributed by atoms with Crippen LogP contribution in [0.4, 0.5) is 15.3 Å². The molecule has 1 aliphatic heterocycles. The van der Waals surface area contributed by atoms with E-state index in [2.05, 4.69) is 17.9 Å². The number of carbonyl (C=O) groups is 1. The molecule has 6 rings (SSSR count). The number of fused-ring (bicyclic) bond motifs is 1. The average molecular weight is 595 g/mol. The first-order valence-corrected chi connectivity index (χ1v) is 15.3. The predicted octanol–water partition coefficient (Wildman–Crippen LogP) is 4.03. The van der Waals surface area contributed by atoms with Crippen LogP contribution in [0.5, 0.6) is 0 Å². The quantitative estimate of drug-likeness (QED) is 0.325. The van der Waals surface area contributed by atoms with E-state index in [0.717, 1.165) is 40.7 Å². The fraction of sp³-hybridized carbons (Fsp3) is 0.464. The summed E-state index contributed by atoms with van der Waals surface area (Å²) in [6.45, 7) is 3.28. The maximum Gasteiger partial charge on any atom is 0.236 e. The largest absolute Gasteiger partial charge is 0.389 e. The molecule has 0 radical (unpaired) electrons. The average Bonchev–Trinajstić information content (AvgIpc) is 3.73. The highest BCUT2D eigenvalue weighted by molar-refractivity contribution is 7.17. The van der Waals surface area contributed by atoms with Crippen LogP contribution in [-0.4, -0.2) is 86.3 Å². The number of thiazole rings is 1. The highest BCUT2D eigenvalue weighted by Crippen LogP contribution is 2.41. The van der Waals surface area contributed by atoms with Gasteiger partial charge in [0.25, 0.3) is 0 Å². The molecule has 1 aromatic carbocycles. The summed E-state index contributed by atoms with van der Waals surface area (Å²) in [7, 11) is 3.91. The van der Waals surface area contributed by atoms with Crippen molar-refractivity contribution in [1.82, 2.24) is 29.4 Å². The van der Waals surface area contributed by atoms with Gasteiger partial charge < -0.3 is 14.9 Å². The number of rotatable bonds is 8. The number of hydrogen-bond acceptors (Lipinski definition) is 10. The topological polar surface area (TPSA) is 114 Å². The van der Waals surface area contributed by atoms with Gasteiger partial charge in [0, 0.05) is 37.7 Å². The molecular formula is C28H31FN8O2S2. The summed E-state index contributed by atoms with van der Waals surface area (Å²) < 4.78 is 15.4. The molecule has 1 saturated carbocycles. The molecule has 2 atom stereocenters. The SMILES string of the molecule is CCc1nc2sc([C@H]3CC[C@@H](N(C)CC(=O)N4CC(O)C4)C3)nn2c1N(C)c1nc(-c2ccc(F)cc2)c(C#N)s1. The zero-order valence-electron chi connectivity index (χ0n) is 23.1. The molecular weight excluding hydrogens is 563 g/mol. The fourth-order valence-electron chi connectivity index (χ4n) is 5.64. The third kappa shape index (κ3) is 5.21. The molecule has 41 heavy (non-hydrogen) atoms. The Morgan fingerprint density at radius 3 is 2.63 bits per heavy atom. The van der Waals surface area contributed by atoms with E-state index in [0.29, 0.717) is 53.4 Å². The number of amides is 1. The Labute approximate surface area is 245 Å². The number of carbonyl (C=O) groups excluding carboxylic acids is 1. The Balaban J connectivity index is 1.22. The van der Waals surface area contributed by atoms with Crippen LogP contribution in [0, 0.1) is 17.1 Å². The first kappa shape index (κ1) is 27.7. The van der Waals surface area contributed by atoms with Gasteiger partial charge in [0.15, 0.2) is 10.9 Å². The lowest BCUT2D eigenvalue weighted by Gasteiger charge is -2.37. The summed E-state index contributed by atoms with van der Waals surface area (Å²) in [6.07, 6.45) is 3.24. The van der Waals surface area contributed by atoms with E-state index in [1.807, 2.05) is 23.5 Å². The molecule has 2 fully saturated rings. The molecule has 13 heteroatoms. The number of nitriles is 1. The van der Waals surface area contributed by atoms with E-state index in [4.69, 9.17) is 15.1 Å². The first-order chi connectivity index (χ1) is 19.7. The van der Waals surface area contributed by atoms with Gasteiger partial charge in [-0.15, -0.1) is 0 Å².